The lowest BCUT2D eigenvalue weighted by atomic mass is 9.82. The molecule has 134 valence electrons. The Balaban J connectivity index is 2.04. The minimum absolute atomic E-state index is 0.0598. The number of benzene rings is 1. The summed E-state index contributed by atoms with van der Waals surface area (Å²) in [6.07, 6.45) is 6.32. The molecule has 1 aromatic carbocycles. The molecular formula is C20H27N3O2. The van der Waals surface area contributed by atoms with Gasteiger partial charge in [0.2, 0.25) is 11.8 Å². The third kappa shape index (κ3) is 5.90. The number of amides is 2. The molecule has 1 fully saturated rings. The van der Waals surface area contributed by atoms with E-state index in [2.05, 4.69) is 5.32 Å². The molecule has 0 bridgehead atoms. The monoisotopic (exact) mass is 341 g/mol. The van der Waals surface area contributed by atoms with Crippen LogP contribution in [0.1, 0.15) is 44.1 Å². The summed E-state index contributed by atoms with van der Waals surface area (Å²) in [5, 5.41) is 11.3. The van der Waals surface area contributed by atoms with Crippen molar-refractivity contribution in [3.05, 3.63) is 35.9 Å². The highest BCUT2D eigenvalue weighted by molar-refractivity contribution is 6.00. The van der Waals surface area contributed by atoms with E-state index in [9.17, 15) is 9.59 Å². The van der Waals surface area contributed by atoms with Crippen molar-refractivity contribution < 1.29 is 9.59 Å². The van der Waals surface area contributed by atoms with E-state index in [1.54, 1.807) is 11.9 Å². The number of nitrogens with zero attached hydrogens (tertiary/aromatic N) is 2. The molecule has 0 saturated heterocycles. The Labute approximate surface area is 150 Å². The van der Waals surface area contributed by atoms with Gasteiger partial charge in [0.05, 0.1) is 6.07 Å². The number of hydrogen-bond acceptors (Lipinski definition) is 3. The molecular weight excluding hydrogens is 314 g/mol. The van der Waals surface area contributed by atoms with Gasteiger partial charge in [-0.2, -0.15) is 5.26 Å². The topological polar surface area (TPSA) is 73.2 Å². The van der Waals surface area contributed by atoms with Gasteiger partial charge < -0.3 is 10.2 Å². The highest BCUT2D eigenvalue weighted by Crippen LogP contribution is 2.30. The average molecular weight is 341 g/mol. The summed E-state index contributed by atoms with van der Waals surface area (Å²) < 4.78 is 0. The number of hydrogen-bond donors (Lipinski definition) is 1. The van der Waals surface area contributed by atoms with Gasteiger partial charge >= 0.3 is 0 Å². The van der Waals surface area contributed by atoms with Crippen LogP contribution in [0.4, 0.5) is 0 Å². The molecule has 1 saturated carbocycles. The van der Waals surface area contributed by atoms with Crippen molar-refractivity contribution in [3.63, 3.8) is 0 Å². The molecule has 0 spiro atoms. The highest BCUT2D eigenvalue weighted by atomic mass is 16.2. The van der Waals surface area contributed by atoms with Crippen molar-refractivity contribution in [3.8, 4) is 6.07 Å². The van der Waals surface area contributed by atoms with Gasteiger partial charge in [0.1, 0.15) is 12.5 Å². The molecule has 0 aliphatic heterocycles. The van der Waals surface area contributed by atoms with Gasteiger partial charge in [0.15, 0.2) is 0 Å². The van der Waals surface area contributed by atoms with Crippen LogP contribution in [0.3, 0.4) is 0 Å². The smallest absolute Gasteiger partial charge is 0.235 e. The minimum atomic E-state index is -0.704. The standard InChI is InChI=1S/C20H27N3O2/c1-23(15-17-10-6-3-7-11-17)20(25)18(19(24)22-13-12-21)14-16-8-4-2-5-9-16/h3,6-7,10-11,16,18H,2,4-5,8-9,13-15H2,1H3,(H,22,24). The van der Waals surface area contributed by atoms with Gasteiger partial charge in [-0.15, -0.1) is 0 Å². The van der Waals surface area contributed by atoms with Crippen LogP contribution in [0, 0.1) is 23.2 Å². The summed E-state index contributed by atoms with van der Waals surface area (Å²) in [6, 6.07) is 11.7. The maximum Gasteiger partial charge on any atom is 0.235 e. The summed E-state index contributed by atoms with van der Waals surface area (Å²) >= 11 is 0. The first-order valence-electron chi connectivity index (χ1n) is 9.05. The SMILES string of the molecule is CN(Cc1ccccc1)C(=O)C(CC1CCCCC1)C(=O)NCC#N. The van der Waals surface area contributed by atoms with E-state index >= 15 is 0 Å². The van der Waals surface area contributed by atoms with Crippen molar-refractivity contribution in [2.24, 2.45) is 11.8 Å². The zero-order chi connectivity index (χ0) is 18.1. The fraction of sp³-hybridized carbons (Fsp3) is 0.550. The lowest BCUT2D eigenvalue weighted by Crippen LogP contribution is -2.43. The number of carbonyl (C=O) groups is 2. The molecule has 25 heavy (non-hydrogen) atoms. The van der Waals surface area contributed by atoms with Crippen LogP contribution in [0.25, 0.3) is 0 Å². The van der Waals surface area contributed by atoms with Crippen molar-refractivity contribution in [1.82, 2.24) is 10.2 Å². The van der Waals surface area contributed by atoms with E-state index in [0.29, 0.717) is 18.9 Å². The van der Waals surface area contributed by atoms with Crippen LogP contribution in [-0.4, -0.2) is 30.3 Å². The van der Waals surface area contributed by atoms with Crippen molar-refractivity contribution in [2.75, 3.05) is 13.6 Å². The molecule has 1 aromatic rings. The van der Waals surface area contributed by atoms with Crippen LogP contribution >= 0.6 is 0 Å². The van der Waals surface area contributed by atoms with Gasteiger partial charge in [-0.1, -0.05) is 62.4 Å². The maximum absolute atomic E-state index is 12.9. The lowest BCUT2D eigenvalue weighted by Gasteiger charge is -2.28. The van der Waals surface area contributed by atoms with Crippen LogP contribution in [-0.2, 0) is 16.1 Å². The molecule has 1 N–H and O–H groups in total. The van der Waals surface area contributed by atoms with Crippen LogP contribution in [0.5, 0.6) is 0 Å². The normalized spacial score (nSPS) is 15.8. The predicted octanol–water partition coefficient (Wildman–Crippen LogP) is 2.87. The van der Waals surface area contributed by atoms with Gasteiger partial charge in [-0.3, -0.25) is 9.59 Å². The quantitative estimate of drug-likeness (QED) is 0.612. The summed E-state index contributed by atoms with van der Waals surface area (Å²) in [4.78, 5) is 27.0. The van der Waals surface area contributed by atoms with Gasteiger partial charge in [-0.05, 0) is 17.9 Å². The minimum Gasteiger partial charge on any atom is -0.342 e. The first-order chi connectivity index (χ1) is 12.1. The number of nitriles is 1. The predicted molar refractivity (Wildman–Crippen MR) is 96.2 cm³/mol. The summed E-state index contributed by atoms with van der Waals surface area (Å²) in [7, 11) is 1.74. The van der Waals surface area contributed by atoms with Gasteiger partial charge in [0, 0.05) is 13.6 Å². The van der Waals surface area contributed by atoms with Crippen LogP contribution in [0.15, 0.2) is 30.3 Å². The van der Waals surface area contributed by atoms with Crippen LogP contribution in [0.2, 0.25) is 0 Å². The van der Waals surface area contributed by atoms with Crippen molar-refractivity contribution in [2.45, 2.75) is 45.1 Å². The molecule has 5 nitrogen and oxygen atoms in total. The molecule has 1 aliphatic rings. The summed E-state index contributed by atoms with van der Waals surface area (Å²) in [5.41, 5.74) is 1.03. The molecule has 0 radical (unpaired) electrons. The Morgan fingerprint density at radius 2 is 1.92 bits per heavy atom. The van der Waals surface area contributed by atoms with E-state index < -0.39 is 5.92 Å². The first-order valence-corrected chi connectivity index (χ1v) is 9.05. The van der Waals surface area contributed by atoms with Crippen molar-refractivity contribution >= 4 is 11.8 Å². The van der Waals surface area contributed by atoms with Gasteiger partial charge in [-0.25, -0.2) is 0 Å². The van der Waals surface area contributed by atoms with E-state index in [-0.39, 0.29) is 18.4 Å². The zero-order valence-corrected chi connectivity index (χ0v) is 14.9. The second-order valence-corrected chi connectivity index (χ2v) is 6.85. The Bertz CT molecular complexity index is 603. The van der Waals surface area contributed by atoms with E-state index in [1.807, 2.05) is 36.4 Å². The molecule has 0 aromatic heterocycles. The van der Waals surface area contributed by atoms with Gasteiger partial charge in [0.25, 0.3) is 0 Å². The molecule has 5 heteroatoms. The average Bonchev–Trinajstić information content (AvgIpc) is 2.65. The van der Waals surface area contributed by atoms with E-state index in [1.165, 1.54) is 19.3 Å². The first kappa shape index (κ1) is 19.0. The molecule has 1 atom stereocenters. The zero-order valence-electron chi connectivity index (χ0n) is 14.9. The Kier molecular flexibility index (Phi) is 7.46. The largest absolute Gasteiger partial charge is 0.342 e. The second-order valence-electron chi connectivity index (χ2n) is 6.85. The molecule has 1 unspecified atom stereocenters. The third-order valence-electron chi connectivity index (χ3n) is 4.89. The number of rotatable bonds is 7. The van der Waals surface area contributed by atoms with Crippen LogP contribution < -0.4 is 5.32 Å². The second kappa shape index (κ2) is 9.83. The fourth-order valence-corrected chi connectivity index (χ4v) is 3.53. The van der Waals surface area contributed by atoms with Crippen molar-refractivity contribution in [1.29, 1.82) is 5.26 Å². The molecule has 1 aliphatic carbocycles. The summed E-state index contributed by atoms with van der Waals surface area (Å²) in [6.45, 7) is 0.419. The molecule has 2 amide bonds. The third-order valence-corrected chi connectivity index (χ3v) is 4.89. The molecule has 0 heterocycles. The Morgan fingerprint density at radius 3 is 2.56 bits per heavy atom. The lowest BCUT2D eigenvalue weighted by molar-refractivity contribution is -0.142. The van der Waals surface area contributed by atoms with E-state index in [0.717, 1.165) is 18.4 Å². The maximum atomic E-state index is 12.9. The summed E-state index contributed by atoms with van der Waals surface area (Å²) in [5.74, 6) is -0.771. The number of carbonyl (C=O) groups excluding carboxylic acids is 2. The number of nitrogens with one attached hydrogen (secondary N) is 1. The highest BCUT2D eigenvalue weighted by Gasteiger charge is 2.32. The molecule has 2 rings (SSSR count). The van der Waals surface area contributed by atoms with E-state index in [4.69, 9.17) is 5.26 Å². The Morgan fingerprint density at radius 1 is 1.24 bits per heavy atom. The Hall–Kier alpha value is -2.35. The fourth-order valence-electron chi connectivity index (χ4n) is 3.53.